The molecule has 1 saturated heterocycles. The number of likely N-dealkylation sites (tertiary alicyclic amines) is 1. The summed E-state index contributed by atoms with van der Waals surface area (Å²) in [6.07, 6.45) is 5.95. The van der Waals surface area contributed by atoms with Gasteiger partial charge in [-0.1, -0.05) is 6.07 Å². The minimum Gasteiger partial charge on any atom is -0.470 e. The van der Waals surface area contributed by atoms with Crippen LogP contribution in [0.1, 0.15) is 29.0 Å². The van der Waals surface area contributed by atoms with Crippen molar-refractivity contribution in [3.8, 4) is 11.9 Å². The van der Waals surface area contributed by atoms with Crippen LogP contribution in [0.15, 0.2) is 36.8 Å². The molecule has 0 bridgehead atoms. The van der Waals surface area contributed by atoms with Crippen molar-refractivity contribution >= 4 is 5.91 Å². The molecule has 0 radical (unpaired) electrons. The van der Waals surface area contributed by atoms with Gasteiger partial charge < -0.3 is 9.64 Å². The molecular formula is C16H15N5O2. The van der Waals surface area contributed by atoms with Crippen LogP contribution >= 0.6 is 0 Å². The summed E-state index contributed by atoms with van der Waals surface area (Å²) in [5.74, 6) is 0.102. The van der Waals surface area contributed by atoms with Crippen molar-refractivity contribution in [2.75, 3.05) is 13.1 Å². The summed E-state index contributed by atoms with van der Waals surface area (Å²) in [5, 5.41) is 9.03. The summed E-state index contributed by atoms with van der Waals surface area (Å²) in [4.78, 5) is 26.2. The number of nitriles is 1. The highest BCUT2D eigenvalue weighted by molar-refractivity contribution is 5.92. The number of nitrogens with zero attached hydrogens (tertiary/aromatic N) is 5. The van der Waals surface area contributed by atoms with Gasteiger partial charge in [-0.3, -0.25) is 9.78 Å². The fourth-order valence-corrected chi connectivity index (χ4v) is 2.52. The lowest BCUT2D eigenvalue weighted by molar-refractivity contribution is 0.0521. The highest BCUT2D eigenvalue weighted by Gasteiger charge is 2.27. The number of piperidine rings is 1. The van der Waals surface area contributed by atoms with Crippen molar-refractivity contribution in [3.05, 3.63) is 48.2 Å². The molecule has 1 amide bonds. The molecule has 23 heavy (non-hydrogen) atoms. The minimum atomic E-state index is -0.208. The van der Waals surface area contributed by atoms with E-state index >= 15 is 0 Å². The van der Waals surface area contributed by atoms with Gasteiger partial charge in [0.25, 0.3) is 11.8 Å². The van der Waals surface area contributed by atoms with Crippen molar-refractivity contribution in [3.63, 3.8) is 0 Å². The maximum absolute atomic E-state index is 12.4. The Morgan fingerprint density at radius 2 is 2.13 bits per heavy atom. The van der Waals surface area contributed by atoms with E-state index in [1.807, 2.05) is 6.07 Å². The van der Waals surface area contributed by atoms with Crippen LogP contribution in [0.2, 0.25) is 0 Å². The van der Waals surface area contributed by atoms with Gasteiger partial charge in [-0.15, -0.1) is 0 Å². The molecule has 0 spiro atoms. The number of ether oxygens (including phenoxy) is 1. The molecule has 1 aliphatic rings. The van der Waals surface area contributed by atoms with Crippen LogP contribution in [-0.2, 0) is 0 Å². The molecule has 0 N–H and O–H groups in total. The third-order valence-electron chi connectivity index (χ3n) is 3.60. The smallest absolute Gasteiger partial charge is 0.272 e. The van der Waals surface area contributed by atoms with Crippen molar-refractivity contribution < 1.29 is 9.53 Å². The summed E-state index contributed by atoms with van der Waals surface area (Å²) in [6, 6.07) is 7.22. The second-order valence-corrected chi connectivity index (χ2v) is 5.17. The molecule has 3 rings (SSSR count). The van der Waals surface area contributed by atoms with Crippen LogP contribution in [0, 0.1) is 11.3 Å². The van der Waals surface area contributed by atoms with E-state index in [-0.39, 0.29) is 23.6 Å². The first-order valence-corrected chi connectivity index (χ1v) is 7.36. The number of hydrogen-bond donors (Lipinski definition) is 0. The van der Waals surface area contributed by atoms with Gasteiger partial charge in [0, 0.05) is 25.1 Å². The van der Waals surface area contributed by atoms with Gasteiger partial charge in [0.15, 0.2) is 0 Å². The molecular weight excluding hydrogens is 294 g/mol. The first kappa shape index (κ1) is 14.9. The lowest BCUT2D eigenvalue weighted by Gasteiger charge is -2.32. The molecule has 2 aromatic rings. The van der Waals surface area contributed by atoms with Crippen LogP contribution in [0.3, 0.4) is 0 Å². The SMILES string of the molecule is N#Cc1nccnc1O[C@@H]1CCCN(C(=O)c2ccccn2)C1. The number of carbonyl (C=O) groups is 1. The number of hydrogen-bond acceptors (Lipinski definition) is 6. The Labute approximate surface area is 133 Å². The molecule has 7 nitrogen and oxygen atoms in total. The molecule has 116 valence electrons. The predicted octanol–water partition coefficient (Wildman–Crippen LogP) is 1.43. The predicted molar refractivity (Wildman–Crippen MR) is 80.5 cm³/mol. The molecule has 0 unspecified atom stereocenters. The van der Waals surface area contributed by atoms with Gasteiger partial charge in [-0.05, 0) is 25.0 Å². The van der Waals surface area contributed by atoms with Crippen molar-refractivity contribution in [2.24, 2.45) is 0 Å². The maximum Gasteiger partial charge on any atom is 0.272 e. The van der Waals surface area contributed by atoms with Crippen LogP contribution in [-0.4, -0.2) is 45.0 Å². The molecule has 0 aromatic carbocycles. The first-order valence-electron chi connectivity index (χ1n) is 7.36. The number of carbonyl (C=O) groups excluding carboxylic acids is 1. The summed E-state index contributed by atoms with van der Waals surface area (Å²) in [7, 11) is 0. The molecule has 0 aliphatic carbocycles. The van der Waals surface area contributed by atoms with Crippen LogP contribution in [0.25, 0.3) is 0 Å². The lowest BCUT2D eigenvalue weighted by atomic mass is 10.1. The normalized spacial score (nSPS) is 17.3. The van der Waals surface area contributed by atoms with Gasteiger partial charge in [0.05, 0.1) is 6.54 Å². The van der Waals surface area contributed by atoms with Crippen LogP contribution < -0.4 is 4.74 Å². The molecule has 2 aromatic heterocycles. The third-order valence-corrected chi connectivity index (χ3v) is 3.60. The fraction of sp³-hybridized carbons (Fsp3) is 0.312. The Balaban J connectivity index is 1.69. The molecule has 0 saturated carbocycles. The van der Waals surface area contributed by atoms with E-state index in [0.29, 0.717) is 18.8 Å². The van der Waals surface area contributed by atoms with E-state index in [0.717, 1.165) is 12.8 Å². The summed E-state index contributed by atoms with van der Waals surface area (Å²) in [6.45, 7) is 1.11. The highest BCUT2D eigenvalue weighted by atomic mass is 16.5. The lowest BCUT2D eigenvalue weighted by Crippen LogP contribution is -2.44. The quantitative estimate of drug-likeness (QED) is 0.851. The molecule has 1 atom stereocenters. The van der Waals surface area contributed by atoms with Crippen LogP contribution in [0.4, 0.5) is 0 Å². The van der Waals surface area contributed by atoms with E-state index < -0.39 is 0 Å². The second kappa shape index (κ2) is 6.83. The monoisotopic (exact) mass is 309 g/mol. The number of rotatable bonds is 3. The Morgan fingerprint density at radius 3 is 2.91 bits per heavy atom. The van der Waals surface area contributed by atoms with E-state index in [1.165, 1.54) is 12.4 Å². The van der Waals surface area contributed by atoms with Crippen molar-refractivity contribution in [1.29, 1.82) is 5.26 Å². The van der Waals surface area contributed by atoms with E-state index in [9.17, 15) is 4.79 Å². The average Bonchev–Trinajstić information content (AvgIpc) is 2.62. The zero-order valence-electron chi connectivity index (χ0n) is 12.4. The number of pyridine rings is 1. The summed E-state index contributed by atoms with van der Waals surface area (Å²) < 4.78 is 5.78. The van der Waals surface area contributed by atoms with E-state index in [4.69, 9.17) is 10.00 Å². The molecule has 1 aliphatic heterocycles. The minimum absolute atomic E-state index is 0.112. The Morgan fingerprint density at radius 1 is 1.26 bits per heavy atom. The Kier molecular flexibility index (Phi) is 4.43. The molecule has 3 heterocycles. The zero-order chi connectivity index (χ0) is 16.1. The zero-order valence-corrected chi connectivity index (χ0v) is 12.4. The Hall–Kier alpha value is -3.01. The van der Waals surface area contributed by atoms with Gasteiger partial charge >= 0.3 is 0 Å². The van der Waals surface area contributed by atoms with Gasteiger partial charge in [-0.25, -0.2) is 9.97 Å². The summed E-state index contributed by atoms with van der Waals surface area (Å²) >= 11 is 0. The van der Waals surface area contributed by atoms with E-state index in [1.54, 1.807) is 29.3 Å². The molecule has 1 fully saturated rings. The number of aromatic nitrogens is 3. The fourth-order valence-electron chi connectivity index (χ4n) is 2.52. The van der Waals surface area contributed by atoms with Crippen molar-refractivity contribution in [2.45, 2.75) is 18.9 Å². The maximum atomic E-state index is 12.4. The second-order valence-electron chi connectivity index (χ2n) is 5.17. The van der Waals surface area contributed by atoms with Gasteiger partial charge in [0.1, 0.15) is 17.9 Å². The van der Waals surface area contributed by atoms with Crippen LogP contribution in [0.5, 0.6) is 5.88 Å². The third kappa shape index (κ3) is 3.43. The van der Waals surface area contributed by atoms with Gasteiger partial charge in [0.2, 0.25) is 5.69 Å². The Bertz CT molecular complexity index is 729. The number of amides is 1. The summed E-state index contributed by atoms with van der Waals surface area (Å²) in [5.41, 5.74) is 0.575. The largest absolute Gasteiger partial charge is 0.470 e. The average molecular weight is 309 g/mol. The molecule has 7 heteroatoms. The first-order chi connectivity index (χ1) is 11.3. The van der Waals surface area contributed by atoms with Crippen molar-refractivity contribution in [1.82, 2.24) is 19.9 Å². The highest BCUT2D eigenvalue weighted by Crippen LogP contribution is 2.19. The standard InChI is InChI=1S/C16H15N5O2/c17-10-14-15(20-8-7-19-14)23-12-4-3-9-21(11-12)16(22)13-5-1-2-6-18-13/h1-2,5-8,12H,3-4,9,11H2/t12-/m1/s1. The topological polar surface area (TPSA) is 92.0 Å². The van der Waals surface area contributed by atoms with Gasteiger partial charge in [-0.2, -0.15) is 5.26 Å². The van der Waals surface area contributed by atoms with E-state index in [2.05, 4.69) is 15.0 Å².